The normalized spacial score (nSPS) is 30.1. The third-order valence-electron chi connectivity index (χ3n) is 3.42. The van der Waals surface area contributed by atoms with E-state index in [1.807, 2.05) is 0 Å². The van der Waals surface area contributed by atoms with Gasteiger partial charge in [-0.05, 0) is 37.5 Å². The van der Waals surface area contributed by atoms with Gasteiger partial charge in [0, 0.05) is 6.42 Å². The van der Waals surface area contributed by atoms with Gasteiger partial charge in [0.15, 0.2) is 0 Å². The van der Waals surface area contributed by atoms with E-state index < -0.39 is 0 Å². The Kier molecular flexibility index (Phi) is 5.86. The van der Waals surface area contributed by atoms with Crippen molar-refractivity contribution in [1.82, 2.24) is 0 Å². The first-order valence-electron chi connectivity index (χ1n) is 6.81. The van der Waals surface area contributed by atoms with E-state index in [-0.39, 0.29) is 12.1 Å². The van der Waals surface area contributed by atoms with E-state index in [0.717, 1.165) is 32.1 Å². The van der Waals surface area contributed by atoms with Crippen LogP contribution in [0.15, 0.2) is 0 Å². The van der Waals surface area contributed by atoms with Gasteiger partial charge < -0.3 is 4.74 Å². The van der Waals surface area contributed by atoms with Crippen LogP contribution in [0.25, 0.3) is 0 Å². The molecule has 2 unspecified atom stereocenters. The van der Waals surface area contributed by atoms with Crippen LogP contribution in [-0.4, -0.2) is 12.1 Å². The minimum atomic E-state index is 0.0137. The van der Waals surface area contributed by atoms with E-state index in [4.69, 9.17) is 4.74 Å². The zero-order chi connectivity index (χ0) is 12.0. The average Bonchev–Trinajstić information content (AvgIpc) is 2.16. The molecule has 2 nitrogen and oxygen atoms in total. The van der Waals surface area contributed by atoms with Crippen molar-refractivity contribution in [2.75, 3.05) is 0 Å². The molecule has 0 aliphatic heterocycles. The number of carbonyl (C=O) groups is 1. The second-order valence-electron chi connectivity index (χ2n) is 5.49. The Morgan fingerprint density at radius 2 is 1.75 bits per heavy atom. The summed E-state index contributed by atoms with van der Waals surface area (Å²) in [5.41, 5.74) is 0. The molecule has 1 fully saturated rings. The van der Waals surface area contributed by atoms with E-state index in [2.05, 4.69) is 20.8 Å². The minimum Gasteiger partial charge on any atom is -0.462 e. The molecule has 1 aliphatic rings. The molecule has 0 saturated heterocycles. The van der Waals surface area contributed by atoms with Crippen LogP contribution >= 0.6 is 0 Å². The zero-order valence-electron chi connectivity index (χ0n) is 11.0. The SMILES string of the molecule is CCCCCC(=O)OC1CC(C)CC(C)C1. The van der Waals surface area contributed by atoms with Gasteiger partial charge in [-0.15, -0.1) is 0 Å². The third kappa shape index (κ3) is 5.00. The highest BCUT2D eigenvalue weighted by Gasteiger charge is 2.26. The Labute approximate surface area is 99.8 Å². The fourth-order valence-electron chi connectivity index (χ4n) is 2.73. The van der Waals surface area contributed by atoms with Crippen molar-refractivity contribution < 1.29 is 9.53 Å². The van der Waals surface area contributed by atoms with E-state index in [0.29, 0.717) is 18.3 Å². The number of unbranched alkanes of at least 4 members (excludes halogenated alkanes) is 2. The molecular formula is C14H26O2. The monoisotopic (exact) mass is 226 g/mol. The molecule has 0 spiro atoms. The lowest BCUT2D eigenvalue weighted by molar-refractivity contribution is -0.152. The van der Waals surface area contributed by atoms with Gasteiger partial charge in [-0.1, -0.05) is 33.6 Å². The molecule has 0 aromatic heterocycles. The first-order valence-corrected chi connectivity index (χ1v) is 6.81. The minimum absolute atomic E-state index is 0.0137. The van der Waals surface area contributed by atoms with Gasteiger partial charge in [-0.3, -0.25) is 4.79 Å². The first-order chi connectivity index (χ1) is 7.61. The largest absolute Gasteiger partial charge is 0.462 e. The van der Waals surface area contributed by atoms with Crippen LogP contribution in [-0.2, 0) is 9.53 Å². The summed E-state index contributed by atoms with van der Waals surface area (Å²) in [5.74, 6) is 1.43. The average molecular weight is 226 g/mol. The van der Waals surface area contributed by atoms with E-state index in [1.165, 1.54) is 6.42 Å². The van der Waals surface area contributed by atoms with Gasteiger partial charge >= 0.3 is 5.97 Å². The lowest BCUT2D eigenvalue weighted by Gasteiger charge is -2.31. The molecule has 0 aromatic rings. The standard InChI is InChI=1S/C14H26O2/c1-4-5-6-7-14(15)16-13-9-11(2)8-12(3)10-13/h11-13H,4-10H2,1-3H3. The van der Waals surface area contributed by atoms with E-state index in [9.17, 15) is 4.79 Å². The Morgan fingerprint density at radius 1 is 1.12 bits per heavy atom. The quantitative estimate of drug-likeness (QED) is 0.524. The molecule has 16 heavy (non-hydrogen) atoms. The van der Waals surface area contributed by atoms with Gasteiger partial charge in [-0.2, -0.15) is 0 Å². The molecule has 2 heteroatoms. The van der Waals surface area contributed by atoms with Crippen molar-refractivity contribution >= 4 is 5.97 Å². The molecule has 2 atom stereocenters. The van der Waals surface area contributed by atoms with Gasteiger partial charge in [0.05, 0.1) is 0 Å². The van der Waals surface area contributed by atoms with Crippen molar-refractivity contribution in [3.05, 3.63) is 0 Å². The Balaban J connectivity index is 2.22. The highest BCUT2D eigenvalue weighted by atomic mass is 16.5. The molecule has 1 saturated carbocycles. The topological polar surface area (TPSA) is 26.3 Å². The number of rotatable bonds is 5. The number of carbonyl (C=O) groups excluding carboxylic acids is 1. The zero-order valence-corrected chi connectivity index (χ0v) is 11.0. The van der Waals surface area contributed by atoms with Crippen LogP contribution in [0.5, 0.6) is 0 Å². The van der Waals surface area contributed by atoms with Crippen molar-refractivity contribution in [2.24, 2.45) is 11.8 Å². The maximum Gasteiger partial charge on any atom is 0.306 e. The maximum absolute atomic E-state index is 11.6. The highest BCUT2D eigenvalue weighted by molar-refractivity contribution is 5.69. The lowest BCUT2D eigenvalue weighted by Crippen LogP contribution is -2.28. The smallest absolute Gasteiger partial charge is 0.306 e. The third-order valence-corrected chi connectivity index (χ3v) is 3.42. The molecule has 1 rings (SSSR count). The fraction of sp³-hybridized carbons (Fsp3) is 0.929. The molecular weight excluding hydrogens is 200 g/mol. The Morgan fingerprint density at radius 3 is 2.31 bits per heavy atom. The van der Waals surface area contributed by atoms with Gasteiger partial charge in [0.25, 0.3) is 0 Å². The molecule has 0 radical (unpaired) electrons. The molecule has 0 aromatic carbocycles. The van der Waals surface area contributed by atoms with Crippen molar-refractivity contribution in [1.29, 1.82) is 0 Å². The van der Waals surface area contributed by atoms with Crippen molar-refractivity contribution in [3.8, 4) is 0 Å². The van der Waals surface area contributed by atoms with Crippen molar-refractivity contribution in [3.63, 3.8) is 0 Å². The summed E-state index contributed by atoms with van der Waals surface area (Å²) in [5, 5.41) is 0. The Hall–Kier alpha value is -0.530. The van der Waals surface area contributed by atoms with E-state index in [1.54, 1.807) is 0 Å². The molecule has 0 amide bonds. The highest BCUT2D eigenvalue weighted by Crippen LogP contribution is 2.30. The van der Waals surface area contributed by atoms with Crippen LogP contribution in [0, 0.1) is 11.8 Å². The first kappa shape index (κ1) is 13.5. The van der Waals surface area contributed by atoms with Crippen LogP contribution in [0.4, 0.5) is 0 Å². The summed E-state index contributed by atoms with van der Waals surface area (Å²) >= 11 is 0. The molecule has 0 N–H and O–H groups in total. The fourth-order valence-corrected chi connectivity index (χ4v) is 2.73. The summed E-state index contributed by atoms with van der Waals surface area (Å²) in [6, 6.07) is 0. The molecule has 0 bridgehead atoms. The predicted octanol–water partition coefficient (Wildman–Crippen LogP) is 3.93. The number of esters is 1. The number of hydrogen-bond acceptors (Lipinski definition) is 2. The number of hydrogen-bond donors (Lipinski definition) is 0. The summed E-state index contributed by atoms with van der Waals surface area (Å²) in [7, 11) is 0. The summed E-state index contributed by atoms with van der Waals surface area (Å²) in [6.45, 7) is 6.66. The van der Waals surface area contributed by atoms with Gasteiger partial charge in [0.1, 0.15) is 6.10 Å². The summed E-state index contributed by atoms with van der Waals surface area (Å²) in [6.07, 6.45) is 7.46. The lowest BCUT2D eigenvalue weighted by atomic mass is 9.82. The van der Waals surface area contributed by atoms with E-state index >= 15 is 0 Å². The summed E-state index contributed by atoms with van der Waals surface area (Å²) < 4.78 is 5.54. The summed E-state index contributed by atoms with van der Waals surface area (Å²) in [4.78, 5) is 11.6. The number of ether oxygens (including phenoxy) is 1. The van der Waals surface area contributed by atoms with Gasteiger partial charge in [0.2, 0.25) is 0 Å². The van der Waals surface area contributed by atoms with Crippen molar-refractivity contribution in [2.45, 2.75) is 71.8 Å². The van der Waals surface area contributed by atoms with Crippen LogP contribution in [0.1, 0.15) is 65.7 Å². The molecule has 1 aliphatic carbocycles. The maximum atomic E-state index is 11.6. The Bertz CT molecular complexity index is 203. The molecule has 0 heterocycles. The van der Waals surface area contributed by atoms with Crippen LogP contribution in [0.3, 0.4) is 0 Å². The van der Waals surface area contributed by atoms with Crippen LogP contribution < -0.4 is 0 Å². The predicted molar refractivity (Wildman–Crippen MR) is 66.2 cm³/mol. The second kappa shape index (κ2) is 6.93. The second-order valence-corrected chi connectivity index (χ2v) is 5.49. The van der Waals surface area contributed by atoms with Crippen LogP contribution in [0.2, 0.25) is 0 Å². The van der Waals surface area contributed by atoms with Gasteiger partial charge in [-0.25, -0.2) is 0 Å². The molecule has 94 valence electrons.